The van der Waals surface area contributed by atoms with Gasteiger partial charge in [0.05, 0.1) is 6.61 Å². The van der Waals surface area contributed by atoms with E-state index in [1.807, 2.05) is 0 Å². The number of carbonyl (C=O) groups is 2. The molecule has 0 saturated carbocycles. The molecule has 106 valence electrons. The molecule has 1 amide bonds. The first kappa shape index (κ1) is 16.9. The zero-order valence-electron chi connectivity index (χ0n) is 11.4. The molecule has 1 unspecified atom stereocenters. The minimum atomic E-state index is -0.750. The number of nitrogens with one attached hydrogen (secondary N) is 1. The Morgan fingerprint density at radius 3 is 2.50 bits per heavy atom. The molecule has 0 radical (unpaired) electrons. The molecule has 0 aliphatic carbocycles. The summed E-state index contributed by atoms with van der Waals surface area (Å²) in [5.41, 5.74) is 0. The molecule has 0 spiro atoms. The minimum absolute atomic E-state index is 0.00895. The molecule has 2 N–H and O–H groups in total. The van der Waals surface area contributed by atoms with E-state index < -0.39 is 5.97 Å². The first-order valence-electron chi connectivity index (χ1n) is 6.57. The van der Waals surface area contributed by atoms with Gasteiger partial charge in [0.1, 0.15) is 0 Å². The summed E-state index contributed by atoms with van der Waals surface area (Å²) in [5, 5.41) is 11.5. The molecular weight excluding hydrogens is 234 g/mol. The Morgan fingerprint density at radius 1 is 1.22 bits per heavy atom. The fourth-order valence-electron chi connectivity index (χ4n) is 1.87. The van der Waals surface area contributed by atoms with Crippen molar-refractivity contribution < 1.29 is 19.4 Å². The smallest absolute Gasteiger partial charge is 0.303 e. The zero-order chi connectivity index (χ0) is 13.8. The molecule has 0 rings (SSSR count). The SMILES string of the molecule is CCCC(CCNC(=O)CCOC)CCC(=O)O. The van der Waals surface area contributed by atoms with E-state index >= 15 is 0 Å². The zero-order valence-corrected chi connectivity index (χ0v) is 11.4. The standard InChI is InChI=1S/C13H25NO4/c1-3-4-11(5-6-13(16)17)7-9-14-12(15)8-10-18-2/h11H,3-10H2,1-2H3,(H,14,15)(H,16,17). The Kier molecular flexibility index (Phi) is 10.3. The van der Waals surface area contributed by atoms with E-state index in [2.05, 4.69) is 12.2 Å². The summed E-state index contributed by atoms with van der Waals surface area (Å²) in [7, 11) is 1.57. The fraction of sp³-hybridized carbons (Fsp3) is 0.846. The molecule has 0 bridgehead atoms. The highest BCUT2D eigenvalue weighted by Crippen LogP contribution is 2.17. The number of rotatable bonds is 11. The lowest BCUT2D eigenvalue weighted by Crippen LogP contribution is -2.26. The van der Waals surface area contributed by atoms with Gasteiger partial charge in [0, 0.05) is 26.5 Å². The van der Waals surface area contributed by atoms with E-state index in [1.165, 1.54) is 0 Å². The summed E-state index contributed by atoms with van der Waals surface area (Å²) in [6, 6.07) is 0. The molecule has 18 heavy (non-hydrogen) atoms. The van der Waals surface area contributed by atoms with E-state index in [0.717, 1.165) is 19.3 Å². The van der Waals surface area contributed by atoms with Crippen LogP contribution in [0.3, 0.4) is 0 Å². The second kappa shape index (κ2) is 11.0. The maximum Gasteiger partial charge on any atom is 0.303 e. The molecule has 0 fully saturated rings. The van der Waals surface area contributed by atoms with Crippen LogP contribution in [0.25, 0.3) is 0 Å². The monoisotopic (exact) mass is 259 g/mol. The molecule has 0 aliphatic rings. The number of hydrogen-bond donors (Lipinski definition) is 2. The third-order valence-corrected chi connectivity index (χ3v) is 2.87. The van der Waals surface area contributed by atoms with Gasteiger partial charge in [-0.15, -0.1) is 0 Å². The second-order valence-corrected chi connectivity index (χ2v) is 4.47. The van der Waals surface area contributed by atoms with Gasteiger partial charge in [0.15, 0.2) is 0 Å². The maximum absolute atomic E-state index is 11.3. The Bertz CT molecular complexity index is 243. The highest BCUT2D eigenvalue weighted by atomic mass is 16.5. The van der Waals surface area contributed by atoms with Crippen LogP contribution >= 0.6 is 0 Å². The molecule has 5 nitrogen and oxygen atoms in total. The number of carboxylic acid groups (broad SMARTS) is 1. The van der Waals surface area contributed by atoms with Crippen molar-refractivity contribution in [2.75, 3.05) is 20.3 Å². The number of methoxy groups -OCH3 is 1. The van der Waals surface area contributed by atoms with Crippen LogP contribution in [0.4, 0.5) is 0 Å². The number of amides is 1. The highest BCUT2D eigenvalue weighted by Gasteiger charge is 2.10. The van der Waals surface area contributed by atoms with E-state index in [0.29, 0.717) is 31.9 Å². The van der Waals surface area contributed by atoms with E-state index in [4.69, 9.17) is 9.84 Å². The normalized spacial score (nSPS) is 12.1. The van der Waals surface area contributed by atoms with Crippen LogP contribution in [-0.2, 0) is 14.3 Å². The molecule has 0 aromatic heterocycles. The van der Waals surface area contributed by atoms with Crippen molar-refractivity contribution in [1.82, 2.24) is 5.32 Å². The third-order valence-electron chi connectivity index (χ3n) is 2.87. The van der Waals surface area contributed by atoms with Gasteiger partial charge in [-0.3, -0.25) is 9.59 Å². The Labute approximate surface area is 109 Å². The lowest BCUT2D eigenvalue weighted by molar-refractivity contribution is -0.137. The van der Waals surface area contributed by atoms with Crippen molar-refractivity contribution in [2.45, 2.75) is 45.4 Å². The van der Waals surface area contributed by atoms with Crippen molar-refractivity contribution >= 4 is 11.9 Å². The van der Waals surface area contributed by atoms with Crippen LogP contribution < -0.4 is 5.32 Å². The van der Waals surface area contributed by atoms with Gasteiger partial charge in [-0.25, -0.2) is 0 Å². The first-order chi connectivity index (χ1) is 8.60. The van der Waals surface area contributed by atoms with Gasteiger partial charge in [-0.2, -0.15) is 0 Å². The first-order valence-corrected chi connectivity index (χ1v) is 6.57. The second-order valence-electron chi connectivity index (χ2n) is 4.47. The summed E-state index contributed by atoms with van der Waals surface area (Å²) in [6.07, 6.45) is 4.19. The Morgan fingerprint density at radius 2 is 1.94 bits per heavy atom. The number of hydrogen-bond acceptors (Lipinski definition) is 3. The van der Waals surface area contributed by atoms with Crippen LogP contribution in [-0.4, -0.2) is 37.2 Å². The summed E-state index contributed by atoms with van der Waals surface area (Å²) in [6.45, 7) is 3.14. The summed E-state index contributed by atoms with van der Waals surface area (Å²) in [4.78, 5) is 21.8. The summed E-state index contributed by atoms with van der Waals surface area (Å²) >= 11 is 0. The van der Waals surface area contributed by atoms with E-state index in [1.54, 1.807) is 7.11 Å². The van der Waals surface area contributed by atoms with Crippen LogP contribution in [0, 0.1) is 5.92 Å². The Balaban J connectivity index is 3.74. The molecular formula is C13H25NO4. The number of ether oxygens (including phenoxy) is 1. The summed E-state index contributed by atoms with van der Waals surface area (Å²) in [5.74, 6) is -0.376. The average molecular weight is 259 g/mol. The number of carbonyl (C=O) groups excluding carboxylic acids is 1. The topological polar surface area (TPSA) is 75.6 Å². The van der Waals surface area contributed by atoms with Crippen molar-refractivity contribution in [3.05, 3.63) is 0 Å². The number of aliphatic carboxylic acids is 1. The van der Waals surface area contributed by atoms with Crippen molar-refractivity contribution in [3.63, 3.8) is 0 Å². The van der Waals surface area contributed by atoms with Gasteiger partial charge in [0.25, 0.3) is 0 Å². The lowest BCUT2D eigenvalue weighted by Gasteiger charge is -2.15. The van der Waals surface area contributed by atoms with Gasteiger partial charge in [-0.1, -0.05) is 19.8 Å². The Hall–Kier alpha value is -1.10. The molecule has 1 atom stereocenters. The molecule has 0 aromatic carbocycles. The largest absolute Gasteiger partial charge is 0.481 e. The van der Waals surface area contributed by atoms with Crippen LogP contribution in [0.1, 0.15) is 45.4 Å². The molecule has 5 heteroatoms. The van der Waals surface area contributed by atoms with Crippen LogP contribution in [0.2, 0.25) is 0 Å². The van der Waals surface area contributed by atoms with Crippen molar-refractivity contribution in [2.24, 2.45) is 5.92 Å². The minimum Gasteiger partial charge on any atom is -0.481 e. The summed E-state index contributed by atoms with van der Waals surface area (Å²) < 4.78 is 4.82. The highest BCUT2D eigenvalue weighted by molar-refractivity contribution is 5.75. The predicted molar refractivity (Wildman–Crippen MR) is 69.4 cm³/mol. The fourth-order valence-corrected chi connectivity index (χ4v) is 1.87. The quantitative estimate of drug-likeness (QED) is 0.593. The van der Waals surface area contributed by atoms with E-state index in [-0.39, 0.29) is 12.3 Å². The van der Waals surface area contributed by atoms with Gasteiger partial charge in [-0.05, 0) is 18.8 Å². The molecule has 0 aromatic rings. The third kappa shape index (κ3) is 10.1. The average Bonchev–Trinajstić information content (AvgIpc) is 2.33. The molecule has 0 saturated heterocycles. The van der Waals surface area contributed by atoms with Gasteiger partial charge >= 0.3 is 5.97 Å². The van der Waals surface area contributed by atoms with Crippen molar-refractivity contribution in [3.8, 4) is 0 Å². The van der Waals surface area contributed by atoms with Crippen molar-refractivity contribution in [1.29, 1.82) is 0 Å². The predicted octanol–water partition coefficient (Wildman–Crippen LogP) is 1.81. The number of carboxylic acids is 1. The lowest BCUT2D eigenvalue weighted by atomic mass is 9.94. The van der Waals surface area contributed by atoms with E-state index in [9.17, 15) is 9.59 Å². The van der Waals surface area contributed by atoms with Crippen LogP contribution in [0.5, 0.6) is 0 Å². The molecule has 0 heterocycles. The maximum atomic E-state index is 11.3. The van der Waals surface area contributed by atoms with Crippen LogP contribution in [0.15, 0.2) is 0 Å². The van der Waals surface area contributed by atoms with Gasteiger partial charge < -0.3 is 15.2 Å². The molecule has 0 aliphatic heterocycles. The van der Waals surface area contributed by atoms with Gasteiger partial charge in [0.2, 0.25) is 5.91 Å².